The van der Waals surface area contributed by atoms with Crippen molar-refractivity contribution in [3.05, 3.63) is 0 Å². The molecule has 0 saturated carbocycles. The van der Waals surface area contributed by atoms with E-state index in [1.54, 1.807) is 0 Å². The Morgan fingerprint density at radius 1 is 1.50 bits per heavy atom. The summed E-state index contributed by atoms with van der Waals surface area (Å²) in [5.74, 6) is 0. The maximum absolute atomic E-state index is 8.52. The fraction of sp³-hybridized carbons (Fsp3) is 0.909. The van der Waals surface area contributed by atoms with Crippen LogP contribution in [0.4, 0.5) is 0 Å². The second-order valence-corrected chi connectivity index (χ2v) is 3.95. The van der Waals surface area contributed by atoms with Gasteiger partial charge in [-0.1, -0.05) is 13.3 Å². The summed E-state index contributed by atoms with van der Waals surface area (Å²) in [6.45, 7) is 6.42. The van der Waals surface area contributed by atoms with Gasteiger partial charge in [-0.3, -0.25) is 0 Å². The molecule has 0 spiro atoms. The molecule has 0 aromatic carbocycles. The fourth-order valence-electron chi connectivity index (χ4n) is 1.98. The van der Waals surface area contributed by atoms with Gasteiger partial charge in [0, 0.05) is 25.6 Å². The molecule has 80 valence electrons. The molecule has 3 heteroatoms. The minimum Gasteiger partial charge on any atom is -0.313 e. The largest absolute Gasteiger partial charge is 0.313 e. The lowest BCUT2D eigenvalue weighted by Gasteiger charge is -2.29. The van der Waals surface area contributed by atoms with Crippen molar-refractivity contribution in [3.63, 3.8) is 0 Å². The zero-order valence-electron chi connectivity index (χ0n) is 9.13. The molecule has 1 aliphatic rings. The standard InChI is InChI=1S/C11H21N3/c1-2-14(9-5-7-12)10-11-6-3-4-8-13-11/h11,13H,2-6,8-10H2,1H3. The number of piperidine rings is 1. The van der Waals surface area contributed by atoms with Crippen LogP contribution in [0.15, 0.2) is 0 Å². The summed E-state index contributed by atoms with van der Waals surface area (Å²) in [7, 11) is 0. The first-order valence-corrected chi connectivity index (χ1v) is 5.69. The Kier molecular flexibility index (Phi) is 5.58. The average molecular weight is 195 g/mol. The highest BCUT2D eigenvalue weighted by Crippen LogP contribution is 2.08. The summed E-state index contributed by atoms with van der Waals surface area (Å²) in [4.78, 5) is 2.37. The van der Waals surface area contributed by atoms with Gasteiger partial charge in [-0.15, -0.1) is 0 Å². The van der Waals surface area contributed by atoms with E-state index in [0.29, 0.717) is 12.5 Å². The molecule has 0 aromatic heterocycles. The van der Waals surface area contributed by atoms with Crippen LogP contribution in [0.25, 0.3) is 0 Å². The molecule has 1 rings (SSSR count). The monoisotopic (exact) mass is 195 g/mol. The van der Waals surface area contributed by atoms with E-state index in [9.17, 15) is 0 Å². The zero-order chi connectivity index (χ0) is 10.2. The van der Waals surface area contributed by atoms with Crippen LogP contribution in [0.1, 0.15) is 32.6 Å². The third-order valence-corrected chi connectivity index (χ3v) is 2.88. The molecule has 1 unspecified atom stereocenters. The van der Waals surface area contributed by atoms with Crippen molar-refractivity contribution in [2.24, 2.45) is 0 Å². The molecule has 1 fully saturated rings. The Morgan fingerprint density at radius 2 is 2.36 bits per heavy atom. The predicted octanol–water partition coefficient (Wildman–Crippen LogP) is 1.36. The molecule has 1 saturated heterocycles. The van der Waals surface area contributed by atoms with E-state index in [1.807, 2.05) is 0 Å². The number of nitriles is 1. The lowest BCUT2D eigenvalue weighted by atomic mass is 10.0. The molecule has 0 radical (unpaired) electrons. The van der Waals surface area contributed by atoms with Crippen LogP contribution in [0.2, 0.25) is 0 Å². The Bertz CT molecular complexity index is 179. The van der Waals surface area contributed by atoms with Gasteiger partial charge in [-0.2, -0.15) is 5.26 Å². The lowest BCUT2D eigenvalue weighted by molar-refractivity contribution is 0.237. The molecule has 1 N–H and O–H groups in total. The summed E-state index contributed by atoms with van der Waals surface area (Å²) >= 11 is 0. The average Bonchev–Trinajstić information content (AvgIpc) is 2.25. The van der Waals surface area contributed by atoms with Crippen LogP contribution in [0, 0.1) is 11.3 Å². The number of hydrogen-bond acceptors (Lipinski definition) is 3. The molecule has 0 bridgehead atoms. The van der Waals surface area contributed by atoms with E-state index < -0.39 is 0 Å². The van der Waals surface area contributed by atoms with Gasteiger partial charge in [0.1, 0.15) is 0 Å². The maximum Gasteiger partial charge on any atom is 0.0635 e. The summed E-state index contributed by atoms with van der Waals surface area (Å²) in [5, 5.41) is 12.1. The van der Waals surface area contributed by atoms with Crippen molar-refractivity contribution in [1.29, 1.82) is 5.26 Å². The molecular formula is C11H21N3. The molecule has 1 heterocycles. The first kappa shape index (κ1) is 11.5. The predicted molar refractivity (Wildman–Crippen MR) is 58.0 cm³/mol. The van der Waals surface area contributed by atoms with Crippen molar-refractivity contribution in [1.82, 2.24) is 10.2 Å². The van der Waals surface area contributed by atoms with Gasteiger partial charge in [0.2, 0.25) is 0 Å². The number of nitrogens with one attached hydrogen (secondary N) is 1. The summed E-state index contributed by atoms with van der Waals surface area (Å²) < 4.78 is 0. The highest BCUT2D eigenvalue weighted by atomic mass is 15.1. The normalized spacial score (nSPS) is 22.2. The second-order valence-electron chi connectivity index (χ2n) is 3.95. The topological polar surface area (TPSA) is 39.1 Å². The van der Waals surface area contributed by atoms with Gasteiger partial charge < -0.3 is 10.2 Å². The van der Waals surface area contributed by atoms with Gasteiger partial charge in [-0.25, -0.2) is 0 Å². The molecule has 3 nitrogen and oxygen atoms in total. The minimum absolute atomic E-state index is 0.653. The Morgan fingerprint density at radius 3 is 2.93 bits per heavy atom. The van der Waals surface area contributed by atoms with Crippen LogP contribution >= 0.6 is 0 Å². The summed E-state index contributed by atoms with van der Waals surface area (Å²) in [5.41, 5.74) is 0. The molecule has 0 aromatic rings. The Hall–Kier alpha value is -0.590. The van der Waals surface area contributed by atoms with Crippen molar-refractivity contribution in [3.8, 4) is 6.07 Å². The zero-order valence-corrected chi connectivity index (χ0v) is 9.13. The number of rotatable bonds is 5. The van der Waals surface area contributed by atoms with E-state index >= 15 is 0 Å². The van der Waals surface area contributed by atoms with Crippen LogP contribution in [0.3, 0.4) is 0 Å². The quantitative estimate of drug-likeness (QED) is 0.720. The third-order valence-electron chi connectivity index (χ3n) is 2.88. The molecule has 1 aliphatic heterocycles. The van der Waals surface area contributed by atoms with Gasteiger partial charge >= 0.3 is 0 Å². The third kappa shape index (κ3) is 4.08. The summed E-state index contributed by atoms with van der Waals surface area (Å²) in [6.07, 6.45) is 4.62. The Labute approximate surface area is 87.1 Å². The van der Waals surface area contributed by atoms with Crippen LogP contribution in [0.5, 0.6) is 0 Å². The number of nitrogens with zero attached hydrogens (tertiary/aromatic N) is 2. The first-order chi connectivity index (χ1) is 6.86. The lowest BCUT2D eigenvalue weighted by Crippen LogP contribution is -2.43. The first-order valence-electron chi connectivity index (χ1n) is 5.69. The smallest absolute Gasteiger partial charge is 0.0635 e. The molecular weight excluding hydrogens is 174 g/mol. The van der Waals surface area contributed by atoms with Crippen LogP contribution in [-0.4, -0.2) is 37.1 Å². The minimum atomic E-state index is 0.653. The molecule has 0 aliphatic carbocycles. The van der Waals surface area contributed by atoms with Gasteiger partial charge in [0.25, 0.3) is 0 Å². The highest BCUT2D eigenvalue weighted by Gasteiger charge is 2.15. The molecule has 0 amide bonds. The van der Waals surface area contributed by atoms with Gasteiger partial charge in [-0.05, 0) is 25.9 Å². The van der Waals surface area contributed by atoms with E-state index in [4.69, 9.17) is 5.26 Å². The summed E-state index contributed by atoms with van der Waals surface area (Å²) in [6, 6.07) is 2.86. The van der Waals surface area contributed by atoms with E-state index in [1.165, 1.54) is 25.8 Å². The van der Waals surface area contributed by atoms with Crippen molar-refractivity contribution < 1.29 is 0 Å². The van der Waals surface area contributed by atoms with Crippen LogP contribution < -0.4 is 5.32 Å². The van der Waals surface area contributed by atoms with E-state index in [-0.39, 0.29) is 0 Å². The van der Waals surface area contributed by atoms with Crippen molar-refractivity contribution in [2.45, 2.75) is 38.6 Å². The molecule has 1 atom stereocenters. The highest BCUT2D eigenvalue weighted by molar-refractivity contribution is 4.78. The van der Waals surface area contributed by atoms with Crippen LogP contribution in [-0.2, 0) is 0 Å². The van der Waals surface area contributed by atoms with Crippen molar-refractivity contribution >= 4 is 0 Å². The SMILES string of the molecule is CCN(CCC#N)CC1CCCCN1. The number of hydrogen-bond donors (Lipinski definition) is 1. The Balaban J connectivity index is 2.20. The molecule has 14 heavy (non-hydrogen) atoms. The van der Waals surface area contributed by atoms with Gasteiger partial charge in [0.15, 0.2) is 0 Å². The van der Waals surface area contributed by atoms with E-state index in [2.05, 4.69) is 23.2 Å². The van der Waals surface area contributed by atoms with Gasteiger partial charge in [0.05, 0.1) is 6.07 Å². The fourth-order valence-corrected chi connectivity index (χ4v) is 1.98. The van der Waals surface area contributed by atoms with E-state index in [0.717, 1.165) is 19.6 Å². The van der Waals surface area contributed by atoms with Crippen molar-refractivity contribution in [2.75, 3.05) is 26.2 Å². The number of likely N-dealkylation sites (N-methyl/N-ethyl adjacent to an activating group) is 1. The maximum atomic E-state index is 8.52. The second kappa shape index (κ2) is 6.80.